The van der Waals surface area contributed by atoms with E-state index in [1.165, 1.54) is 11.3 Å². The molecule has 1 heterocycles. The molecule has 2 aromatic carbocycles. The van der Waals surface area contributed by atoms with Crippen LogP contribution in [0.5, 0.6) is 11.5 Å². The monoisotopic (exact) mass is 469 g/mol. The minimum absolute atomic E-state index is 0.0706. The predicted octanol–water partition coefficient (Wildman–Crippen LogP) is 5.78. The van der Waals surface area contributed by atoms with Gasteiger partial charge in [-0.1, -0.05) is 50.7 Å². The Hall–Kier alpha value is -2.64. The van der Waals surface area contributed by atoms with Gasteiger partial charge in [0.25, 0.3) is 5.91 Å². The number of hydrogen-bond donors (Lipinski definition) is 0. The molecule has 0 saturated carbocycles. The number of nitrogens with zero attached hydrogens (tertiary/aromatic N) is 3. The van der Waals surface area contributed by atoms with E-state index in [-0.39, 0.29) is 5.91 Å². The van der Waals surface area contributed by atoms with Crippen molar-refractivity contribution >= 4 is 32.6 Å². The fraction of sp³-hybridized carbons (Fsp3) is 0.462. The van der Waals surface area contributed by atoms with Gasteiger partial charge in [-0.15, -0.1) is 0 Å². The number of aryl methyl sites for hydroxylation is 1. The molecule has 0 unspecified atom stereocenters. The summed E-state index contributed by atoms with van der Waals surface area (Å²) in [4.78, 5) is 22.7. The number of amides is 1. The Morgan fingerprint density at radius 2 is 1.88 bits per heavy atom. The normalized spacial score (nSPS) is 11.2. The van der Waals surface area contributed by atoms with Crippen molar-refractivity contribution in [2.24, 2.45) is 0 Å². The molecule has 178 valence electrons. The summed E-state index contributed by atoms with van der Waals surface area (Å²) in [6.07, 6.45) is 2.05. The van der Waals surface area contributed by atoms with Crippen molar-refractivity contribution in [3.63, 3.8) is 0 Å². The number of likely N-dealkylation sites (N-methyl/N-ethyl adjacent to an activating group) is 1. The van der Waals surface area contributed by atoms with E-state index < -0.39 is 0 Å². The summed E-state index contributed by atoms with van der Waals surface area (Å²) in [5.74, 6) is 1.37. The van der Waals surface area contributed by atoms with E-state index in [9.17, 15) is 4.79 Å². The summed E-state index contributed by atoms with van der Waals surface area (Å²) in [5.41, 5.74) is 2.53. The zero-order valence-electron chi connectivity index (χ0n) is 20.4. The van der Waals surface area contributed by atoms with Crippen LogP contribution in [-0.4, -0.2) is 55.7 Å². The second-order valence-electron chi connectivity index (χ2n) is 7.97. The SMILES string of the molecule is CCCCOc1cccc(C(=O)N(CCN(CC)CC)c2nc3c(OC)ccc(C)c3s2)c1. The first-order valence-electron chi connectivity index (χ1n) is 11.7. The zero-order valence-corrected chi connectivity index (χ0v) is 21.2. The molecule has 0 atom stereocenters. The number of hydrogen-bond acceptors (Lipinski definition) is 6. The molecule has 0 fully saturated rings. The van der Waals surface area contributed by atoms with Crippen LogP contribution in [-0.2, 0) is 0 Å². The largest absolute Gasteiger partial charge is 0.494 e. The maximum atomic E-state index is 13.7. The highest BCUT2D eigenvalue weighted by molar-refractivity contribution is 7.22. The van der Waals surface area contributed by atoms with Gasteiger partial charge >= 0.3 is 0 Å². The summed E-state index contributed by atoms with van der Waals surface area (Å²) in [7, 11) is 1.65. The Morgan fingerprint density at radius 3 is 2.58 bits per heavy atom. The van der Waals surface area contributed by atoms with Gasteiger partial charge in [0.05, 0.1) is 18.4 Å². The topological polar surface area (TPSA) is 54.9 Å². The molecule has 3 aromatic rings. The van der Waals surface area contributed by atoms with Crippen molar-refractivity contribution in [1.29, 1.82) is 0 Å². The van der Waals surface area contributed by atoms with E-state index in [1.807, 2.05) is 36.4 Å². The van der Waals surface area contributed by atoms with Gasteiger partial charge in [0, 0.05) is 18.7 Å². The molecule has 1 aromatic heterocycles. The van der Waals surface area contributed by atoms with Crippen LogP contribution in [0.1, 0.15) is 49.5 Å². The van der Waals surface area contributed by atoms with Crippen molar-refractivity contribution in [3.05, 3.63) is 47.5 Å². The molecular weight excluding hydrogens is 434 g/mol. The molecule has 3 rings (SSSR count). The first-order chi connectivity index (χ1) is 16.0. The second-order valence-corrected chi connectivity index (χ2v) is 8.95. The quantitative estimate of drug-likeness (QED) is 0.315. The molecule has 0 aliphatic carbocycles. The summed E-state index contributed by atoms with van der Waals surface area (Å²) in [6.45, 7) is 12.3. The summed E-state index contributed by atoms with van der Waals surface area (Å²) in [6, 6.07) is 11.4. The van der Waals surface area contributed by atoms with E-state index >= 15 is 0 Å². The number of unbranched alkanes of at least 4 members (excludes halogenated alkanes) is 1. The zero-order chi connectivity index (χ0) is 23.8. The van der Waals surface area contributed by atoms with Gasteiger partial charge in [0.2, 0.25) is 0 Å². The minimum Gasteiger partial charge on any atom is -0.494 e. The van der Waals surface area contributed by atoms with Crippen LogP contribution in [0.25, 0.3) is 10.2 Å². The van der Waals surface area contributed by atoms with Crippen LogP contribution in [0.3, 0.4) is 0 Å². The van der Waals surface area contributed by atoms with Crippen LogP contribution < -0.4 is 14.4 Å². The lowest BCUT2D eigenvalue weighted by Gasteiger charge is -2.25. The standard InChI is InChI=1S/C26H35N3O3S/c1-6-9-17-32-21-12-10-11-20(18-21)25(30)29(16-15-28(7-2)8-3)26-27-23-22(31-5)14-13-19(4)24(23)33-26/h10-14,18H,6-9,15-17H2,1-5H3. The molecule has 0 bridgehead atoms. The Kier molecular flexibility index (Phi) is 9.09. The van der Waals surface area contributed by atoms with Gasteiger partial charge in [0.15, 0.2) is 5.13 Å². The fourth-order valence-corrected chi connectivity index (χ4v) is 4.73. The maximum absolute atomic E-state index is 13.7. The second kappa shape index (κ2) is 12.0. The highest BCUT2D eigenvalue weighted by Crippen LogP contribution is 2.37. The van der Waals surface area contributed by atoms with Gasteiger partial charge in [-0.3, -0.25) is 9.69 Å². The van der Waals surface area contributed by atoms with Gasteiger partial charge in [0.1, 0.15) is 17.0 Å². The number of anilines is 1. The Labute approximate surface area is 201 Å². The van der Waals surface area contributed by atoms with E-state index in [0.29, 0.717) is 23.8 Å². The molecule has 0 N–H and O–H groups in total. The van der Waals surface area contributed by atoms with Crippen molar-refractivity contribution in [2.75, 3.05) is 44.8 Å². The minimum atomic E-state index is -0.0706. The molecule has 33 heavy (non-hydrogen) atoms. The van der Waals surface area contributed by atoms with Gasteiger partial charge < -0.3 is 14.4 Å². The third kappa shape index (κ3) is 6.03. The van der Waals surface area contributed by atoms with E-state index in [2.05, 4.69) is 32.6 Å². The molecule has 0 aliphatic rings. The number of rotatable bonds is 12. The predicted molar refractivity (Wildman–Crippen MR) is 137 cm³/mol. The van der Waals surface area contributed by atoms with E-state index in [4.69, 9.17) is 14.5 Å². The maximum Gasteiger partial charge on any atom is 0.260 e. The molecule has 6 nitrogen and oxygen atoms in total. The number of carbonyl (C=O) groups excluding carboxylic acids is 1. The van der Waals surface area contributed by atoms with Crippen molar-refractivity contribution in [3.8, 4) is 11.5 Å². The van der Waals surface area contributed by atoms with E-state index in [1.54, 1.807) is 12.0 Å². The van der Waals surface area contributed by atoms with Crippen LogP contribution in [0, 0.1) is 6.92 Å². The average molecular weight is 470 g/mol. The number of ether oxygens (including phenoxy) is 2. The number of methoxy groups -OCH3 is 1. The first kappa shape index (κ1) is 25.0. The first-order valence-corrected chi connectivity index (χ1v) is 12.5. The Morgan fingerprint density at radius 1 is 1.09 bits per heavy atom. The Bertz CT molecular complexity index is 1060. The van der Waals surface area contributed by atoms with Crippen molar-refractivity contribution in [2.45, 2.75) is 40.5 Å². The lowest BCUT2D eigenvalue weighted by molar-refractivity contribution is 0.0983. The number of thiazole rings is 1. The third-order valence-corrected chi connectivity index (χ3v) is 6.98. The number of carbonyl (C=O) groups is 1. The molecule has 0 spiro atoms. The van der Waals surface area contributed by atoms with Gasteiger partial charge in [-0.2, -0.15) is 0 Å². The van der Waals surface area contributed by atoms with E-state index in [0.717, 1.165) is 59.8 Å². The lowest BCUT2D eigenvalue weighted by atomic mass is 10.2. The molecule has 0 aliphatic heterocycles. The average Bonchev–Trinajstić information content (AvgIpc) is 3.28. The number of aromatic nitrogens is 1. The Balaban J connectivity index is 1.96. The fourth-order valence-electron chi connectivity index (χ4n) is 3.65. The van der Waals surface area contributed by atoms with Crippen LogP contribution >= 0.6 is 11.3 Å². The summed E-state index contributed by atoms with van der Waals surface area (Å²) < 4.78 is 12.4. The highest BCUT2D eigenvalue weighted by Gasteiger charge is 2.23. The molecular formula is C26H35N3O3S. The van der Waals surface area contributed by atoms with Crippen LogP contribution in [0.4, 0.5) is 5.13 Å². The van der Waals surface area contributed by atoms with Gasteiger partial charge in [-0.25, -0.2) is 4.98 Å². The summed E-state index contributed by atoms with van der Waals surface area (Å²) in [5, 5.41) is 0.687. The lowest BCUT2D eigenvalue weighted by Crippen LogP contribution is -2.38. The molecule has 0 radical (unpaired) electrons. The number of fused-ring (bicyclic) bond motifs is 1. The highest BCUT2D eigenvalue weighted by atomic mass is 32.1. The summed E-state index contributed by atoms with van der Waals surface area (Å²) >= 11 is 1.54. The van der Waals surface area contributed by atoms with Crippen molar-refractivity contribution in [1.82, 2.24) is 9.88 Å². The molecule has 7 heteroatoms. The molecule has 1 amide bonds. The van der Waals surface area contributed by atoms with Crippen molar-refractivity contribution < 1.29 is 14.3 Å². The smallest absolute Gasteiger partial charge is 0.260 e. The van der Waals surface area contributed by atoms with Gasteiger partial charge in [-0.05, 0) is 56.3 Å². The third-order valence-electron chi connectivity index (χ3n) is 5.77. The molecule has 0 saturated heterocycles. The van der Waals surface area contributed by atoms with Crippen LogP contribution in [0.15, 0.2) is 36.4 Å². The number of benzene rings is 2. The van der Waals surface area contributed by atoms with Crippen LogP contribution in [0.2, 0.25) is 0 Å².